The van der Waals surface area contributed by atoms with Crippen LogP contribution >= 0.6 is 0 Å². The molecule has 0 aromatic heterocycles. The molecule has 0 bridgehead atoms. The fraction of sp³-hybridized carbons (Fsp3) is 1.00. The lowest BCUT2D eigenvalue weighted by Crippen LogP contribution is -2.38. The lowest BCUT2D eigenvalue weighted by Gasteiger charge is -2.24. The highest BCUT2D eigenvalue weighted by Gasteiger charge is 2.13. The predicted octanol–water partition coefficient (Wildman–Crippen LogP) is 2.43. The predicted molar refractivity (Wildman–Crippen MR) is 58.0 cm³/mol. The van der Waals surface area contributed by atoms with Crippen molar-refractivity contribution in [3.05, 3.63) is 0 Å². The van der Waals surface area contributed by atoms with Crippen molar-refractivity contribution in [2.24, 2.45) is 5.92 Å². The van der Waals surface area contributed by atoms with E-state index >= 15 is 0 Å². The summed E-state index contributed by atoms with van der Waals surface area (Å²) in [6, 6.07) is 1.08. The van der Waals surface area contributed by atoms with Crippen LogP contribution in [0.4, 0.5) is 0 Å². The van der Waals surface area contributed by atoms with Gasteiger partial charge in [0, 0.05) is 12.1 Å². The van der Waals surface area contributed by atoms with E-state index < -0.39 is 0 Å². The quantitative estimate of drug-likeness (QED) is 0.689. The minimum atomic E-state index is 0.341. The number of rotatable bonds is 6. The van der Waals surface area contributed by atoms with E-state index in [0.29, 0.717) is 24.1 Å². The summed E-state index contributed by atoms with van der Waals surface area (Å²) in [5, 5.41) is 3.49. The third-order valence-electron chi connectivity index (χ3n) is 2.14. The Morgan fingerprint density at radius 2 is 1.54 bits per heavy atom. The van der Waals surface area contributed by atoms with Crippen LogP contribution < -0.4 is 5.32 Å². The molecule has 0 radical (unpaired) electrons. The zero-order valence-electron chi connectivity index (χ0n) is 9.92. The van der Waals surface area contributed by atoms with Crippen LogP contribution in [-0.2, 0) is 4.74 Å². The molecule has 2 heteroatoms. The monoisotopic (exact) mass is 187 g/mol. The molecule has 0 aromatic rings. The number of hydrogen-bond donors (Lipinski definition) is 1. The minimum Gasteiger partial charge on any atom is -0.378 e. The van der Waals surface area contributed by atoms with Crippen molar-refractivity contribution in [1.29, 1.82) is 0 Å². The smallest absolute Gasteiger partial charge is 0.0519 e. The van der Waals surface area contributed by atoms with Gasteiger partial charge in [-0.25, -0.2) is 0 Å². The molecule has 0 aliphatic rings. The van der Waals surface area contributed by atoms with Crippen molar-refractivity contribution in [1.82, 2.24) is 5.32 Å². The molecule has 0 heterocycles. The molecule has 0 aliphatic heterocycles. The van der Waals surface area contributed by atoms with Gasteiger partial charge in [0.2, 0.25) is 0 Å². The highest BCUT2D eigenvalue weighted by molar-refractivity contribution is 4.70. The average molecular weight is 187 g/mol. The second-order valence-electron chi connectivity index (χ2n) is 4.47. The van der Waals surface area contributed by atoms with Gasteiger partial charge in [0.25, 0.3) is 0 Å². The van der Waals surface area contributed by atoms with Crippen molar-refractivity contribution in [3.63, 3.8) is 0 Å². The van der Waals surface area contributed by atoms with Gasteiger partial charge in [-0.2, -0.15) is 0 Å². The van der Waals surface area contributed by atoms with E-state index in [1.807, 2.05) is 0 Å². The van der Waals surface area contributed by atoms with Gasteiger partial charge >= 0.3 is 0 Å². The van der Waals surface area contributed by atoms with E-state index in [4.69, 9.17) is 4.74 Å². The maximum atomic E-state index is 5.57. The minimum absolute atomic E-state index is 0.341. The molecule has 0 fully saturated rings. The number of nitrogens with one attached hydrogen (secondary N) is 1. The largest absolute Gasteiger partial charge is 0.378 e. The Labute approximate surface area is 83.1 Å². The maximum Gasteiger partial charge on any atom is 0.0519 e. The highest BCUT2D eigenvalue weighted by Crippen LogP contribution is 2.05. The fourth-order valence-corrected chi connectivity index (χ4v) is 1.18. The Morgan fingerprint density at radius 3 is 1.92 bits per heavy atom. The summed E-state index contributed by atoms with van der Waals surface area (Å²) in [6.07, 6.45) is 0.341. The molecule has 0 amide bonds. The SMILES string of the molecule is CC(C)NC(C)C(C)COC(C)C. The standard InChI is InChI=1S/C11H25NO/c1-8(2)12-11(6)10(5)7-13-9(3)4/h8-12H,7H2,1-6H3. The lowest BCUT2D eigenvalue weighted by molar-refractivity contribution is 0.0466. The van der Waals surface area contributed by atoms with Gasteiger partial charge in [-0.1, -0.05) is 20.8 Å². The van der Waals surface area contributed by atoms with Crippen molar-refractivity contribution in [3.8, 4) is 0 Å². The van der Waals surface area contributed by atoms with E-state index in [9.17, 15) is 0 Å². The second kappa shape index (κ2) is 6.39. The van der Waals surface area contributed by atoms with Gasteiger partial charge in [0.1, 0.15) is 0 Å². The first-order chi connectivity index (χ1) is 5.93. The van der Waals surface area contributed by atoms with Crippen molar-refractivity contribution >= 4 is 0 Å². The van der Waals surface area contributed by atoms with Crippen LogP contribution in [0.2, 0.25) is 0 Å². The van der Waals surface area contributed by atoms with Crippen LogP contribution in [0.25, 0.3) is 0 Å². The molecule has 13 heavy (non-hydrogen) atoms. The molecular weight excluding hydrogens is 162 g/mol. The first kappa shape index (κ1) is 12.9. The normalized spacial score (nSPS) is 16.6. The number of ether oxygens (including phenoxy) is 1. The van der Waals surface area contributed by atoms with Crippen LogP contribution in [0.1, 0.15) is 41.5 Å². The molecule has 2 atom stereocenters. The van der Waals surface area contributed by atoms with E-state index in [2.05, 4.69) is 46.9 Å². The van der Waals surface area contributed by atoms with Crippen LogP contribution in [0, 0.1) is 5.92 Å². The Morgan fingerprint density at radius 1 is 1.00 bits per heavy atom. The maximum absolute atomic E-state index is 5.57. The summed E-state index contributed by atoms with van der Waals surface area (Å²) in [5.74, 6) is 0.574. The average Bonchev–Trinajstić information content (AvgIpc) is 1.98. The number of hydrogen-bond acceptors (Lipinski definition) is 2. The highest BCUT2D eigenvalue weighted by atomic mass is 16.5. The van der Waals surface area contributed by atoms with Crippen LogP contribution in [0.15, 0.2) is 0 Å². The third-order valence-corrected chi connectivity index (χ3v) is 2.14. The first-order valence-electron chi connectivity index (χ1n) is 5.31. The second-order valence-corrected chi connectivity index (χ2v) is 4.47. The van der Waals surface area contributed by atoms with Gasteiger partial charge in [-0.05, 0) is 26.7 Å². The summed E-state index contributed by atoms with van der Waals surface area (Å²) < 4.78 is 5.57. The van der Waals surface area contributed by atoms with Crippen LogP contribution in [0.5, 0.6) is 0 Å². The molecule has 0 spiro atoms. The van der Waals surface area contributed by atoms with Crippen molar-refractivity contribution < 1.29 is 4.74 Å². The molecule has 2 unspecified atom stereocenters. The van der Waals surface area contributed by atoms with Gasteiger partial charge in [-0.15, -0.1) is 0 Å². The summed E-state index contributed by atoms with van der Waals surface area (Å²) in [7, 11) is 0. The van der Waals surface area contributed by atoms with Gasteiger partial charge in [-0.3, -0.25) is 0 Å². The van der Waals surface area contributed by atoms with E-state index in [-0.39, 0.29) is 0 Å². The van der Waals surface area contributed by atoms with Gasteiger partial charge in [0.15, 0.2) is 0 Å². The molecule has 0 saturated carbocycles. The van der Waals surface area contributed by atoms with Gasteiger partial charge < -0.3 is 10.1 Å². The van der Waals surface area contributed by atoms with Crippen LogP contribution in [-0.4, -0.2) is 24.8 Å². The van der Waals surface area contributed by atoms with E-state index in [0.717, 1.165) is 6.61 Å². The Balaban J connectivity index is 3.62. The van der Waals surface area contributed by atoms with Gasteiger partial charge in [0.05, 0.1) is 12.7 Å². The van der Waals surface area contributed by atoms with Crippen molar-refractivity contribution in [2.75, 3.05) is 6.61 Å². The molecule has 0 saturated heterocycles. The third kappa shape index (κ3) is 7.03. The Kier molecular flexibility index (Phi) is 6.35. The summed E-state index contributed by atoms with van der Waals surface area (Å²) in [6.45, 7) is 13.8. The summed E-state index contributed by atoms with van der Waals surface area (Å²) in [5.41, 5.74) is 0. The Bertz CT molecular complexity index is 123. The van der Waals surface area contributed by atoms with Crippen molar-refractivity contribution in [2.45, 2.75) is 59.7 Å². The van der Waals surface area contributed by atoms with E-state index in [1.54, 1.807) is 0 Å². The fourth-order valence-electron chi connectivity index (χ4n) is 1.18. The lowest BCUT2D eigenvalue weighted by atomic mass is 10.0. The Hall–Kier alpha value is -0.0800. The molecular formula is C11H25NO. The molecule has 80 valence electrons. The van der Waals surface area contributed by atoms with E-state index in [1.165, 1.54) is 0 Å². The molecule has 0 aromatic carbocycles. The summed E-state index contributed by atoms with van der Waals surface area (Å²) >= 11 is 0. The molecule has 0 rings (SSSR count). The zero-order chi connectivity index (χ0) is 10.4. The molecule has 0 aliphatic carbocycles. The summed E-state index contributed by atoms with van der Waals surface area (Å²) in [4.78, 5) is 0. The zero-order valence-corrected chi connectivity index (χ0v) is 9.92. The van der Waals surface area contributed by atoms with Crippen LogP contribution in [0.3, 0.4) is 0 Å². The molecule has 1 N–H and O–H groups in total. The molecule has 2 nitrogen and oxygen atoms in total. The first-order valence-corrected chi connectivity index (χ1v) is 5.31. The topological polar surface area (TPSA) is 21.3 Å².